The van der Waals surface area contributed by atoms with Gasteiger partial charge in [0, 0.05) is 19.0 Å². The number of allylic oxidation sites excluding steroid dienone is 1. The normalized spacial score (nSPS) is 22.9. The smallest absolute Gasteiger partial charge is 0.163 e. The minimum atomic E-state index is 0.00458. The highest BCUT2D eigenvalue weighted by Gasteiger charge is 2.23. The minimum absolute atomic E-state index is 0.00458. The number of ketones is 1. The number of hydrogen-bond acceptors (Lipinski definition) is 3. The van der Waals surface area contributed by atoms with E-state index in [9.17, 15) is 9.90 Å². The fourth-order valence-corrected chi connectivity index (χ4v) is 1.52. The van der Waals surface area contributed by atoms with Crippen molar-refractivity contribution in [3.63, 3.8) is 0 Å². The van der Waals surface area contributed by atoms with Gasteiger partial charge in [-0.25, -0.2) is 0 Å². The van der Waals surface area contributed by atoms with Gasteiger partial charge in [0.05, 0.1) is 5.70 Å². The predicted molar refractivity (Wildman–Crippen MR) is 40.0 cm³/mol. The topological polar surface area (TPSA) is 49.3 Å². The molecular formula is C8H9NO2. The maximum Gasteiger partial charge on any atom is 0.163 e. The predicted octanol–water partition coefficient (Wildman–Crippen LogP) is 0.648. The van der Waals surface area contributed by atoms with Crippen LogP contribution in [0.1, 0.15) is 12.8 Å². The van der Waals surface area contributed by atoms with Gasteiger partial charge in [-0.15, -0.1) is 0 Å². The van der Waals surface area contributed by atoms with Crippen LogP contribution in [0.15, 0.2) is 23.1 Å². The van der Waals surface area contributed by atoms with Gasteiger partial charge >= 0.3 is 0 Å². The Kier molecular flexibility index (Phi) is 1.24. The summed E-state index contributed by atoms with van der Waals surface area (Å²) >= 11 is 0. The standard InChI is InChI=1S/C8H9NO2/c10-6-3-5-1-2-9-8(5)7(11)4-6/h4,9,11H,1-3H2. The van der Waals surface area contributed by atoms with Crippen LogP contribution >= 0.6 is 0 Å². The number of carbonyl (C=O) groups excluding carboxylic acids is 1. The molecule has 58 valence electrons. The molecule has 2 rings (SSSR count). The van der Waals surface area contributed by atoms with Crippen LogP contribution in [0.5, 0.6) is 0 Å². The van der Waals surface area contributed by atoms with Crippen molar-refractivity contribution >= 4 is 5.78 Å². The quantitative estimate of drug-likeness (QED) is 0.534. The van der Waals surface area contributed by atoms with E-state index in [0.29, 0.717) is 6.42 Å². The summed E-state index contributed by atoms with van der Waals surface area (Å²) in [6.45, 7) is 0.843. The van der Waals surface area contributed by atoms with Gasteiger partial charge in [0.15, 0.2) is 5.78 Å². The van der Waals surface area contributed by atoms with Crippen LogP contribution in [0.3, 0.4) is 0 Å². The van der Waals surface area contributed by atoms with E-state index in [-0.39, 0.29) is 11.5 Å². The van der Waals surface area contributed by atoms with Crippen LogP contribution in [0.2, 0.25) is 0 Å². The molecule has 0 fully saturated rings. The number of hydrogen-bond donors (Lipinski definition) is 2. The van der Waals surface area contributed by atoms with Crippen molar-refractivity contribution in [3.05, 3.63) is 23.1 Å². The van der Waals surface area contributed by atoms with Crippen molar-refractivity contribution < 1.29 is 9.90 Å². The first-order valence-electron chi connectivity index (χ1n) is 3.67. The molecular weight excluding hydrogens is 142 g/mol. The SMILES string of the molecule is O=C1C=C(O)C2=C(CCN2)C1. The molecule has 3 heteroatoms. The Morgan fingerprint density at radius 3 is 3.18 bits per heavy atom. The van der Waals surface area contributed by atoms with Crippen molar-refractivity contribution in [2.24, 2.45) is 0 Å². The Hall–Kier alpha value is -1.25. The molecule has 0 radical (unpaired) electrons. The molecule has 3 nitrogen and oxygen atoms in total. The lowest BCUT2D eigenvalue weighted by Crippen LogP contribution is -2.13. The van der Waals surface area contributed by atoms with E-state index in [1.54, 1.807) is 0 Å². The zero-order valence-electron chi connectivity index (χ0n) is 6.05. The van der Waals surface area contributed by atoms with Crippen molar-refractivity contribution in [3.8, 4) is 0 Å². The van der Waals surface area contributed by atoms with Crippen molar-refractivity contribution in [2.75, 3.05) is 6.54 Å². The third kappa shape index (κ3) is 0.926. The highest BCUT2D eigenvalue weighted by molar-refractivity contribution is 5.94. The largest absolute Gasteiger partial charge is 0.506 e. The summed E-state index contributed by atoms with van der Waals surface area (Å²) in [5.41, 5.74) is 1.83. The molecule has 0 unspecified atom stereocenters. The van der Waals surface area contributed by atoms with Gasteiger partial charge in [-0.2, -0.15) is 0 Å². The Morgan fingerprint density at radius 2 is 2.36 bits per heavy atom. The molecule has 0 saturated heterocycles. The molecule has 0 aromatic carbocycles. The number of carbonyl (C=O) groups is 1. The van der Waals surface area contributed by atoms with E-state index < -0.39 is 0 Å². The number of aliphatic hydroxyl groups excluding tert-OH is 1. The van der Waals surface area contributed by atoms with Crippen LogP contribution in [0.25, 0.3) is 0 Å². The number of nitrogens with one attached hydrogen (secondary N) is 1. The zero-order valence-corrected chi connectivity index (χ0v) is 6.05. The summed E-state index contributed by atoms with van der Waals surface area (Å²) in [6.07, 6.45) is 2.66. The van der Waals surface area contributed by atoms with Gasteiger partial charge in [0.1, 0.15) is 5.76 Å². The lowest BCUT2D eigenvalue weighted by Gasteiger charge is -2.09. The summed E-state index contributed by atoms with van der Waals surface area (Å²) in [4.78, 5) is 10.9. The van der Waals surface area contributed by atoms with E-state index >= 15 is 0 Å². The van der Waals surface area contributed by atoms with Crippen LogP contribution in [0, 0.1) is 0 Å². The summed E-state index contributed by atoms with van der Waals surface area (Å²) in [6, 6.07) is 0. The minimum Gasteiger partial charge on any atom is -0.506 e. The average molecular weight is 151 g/mol. The maximum atomic E-state index is 10.9. The molecule has 1 aliphatic carbocycles. The van der Waals surface area contributed by atoms with E-state index in [1.165, 1.54) is 6.08 Å². The summed E-state index contributed by atoms with van der Waals surface area (Å²) < 4.78 is 0. The van der Waals surface area contributed by atoms with E-state index in [0.717, 1.165) is 24.2 Å². The van der Waals surface area contributed by atoms with Crippen molar-refractivity contribution in [1.29, 1.82) is 0 Å². The van der Waals surface area contributed by atoms with Crippen LogP contribution in [-0.2, 0) is 4.79 Å². The monoisotopic (exact) mass is 151 g/mol. The van der Waals surface area contributed by atoms with Gasteiger partial charge in [0.25, 0.3) is 0 Å². The fraction of sp³-hybridized carbons (Fsp3) is 0.375. The zero-order chi connectivity index (χ0) is 7.84. The Bertz CT molecular complexity index is 276. The molecule has 2 aliphatic rings. The van der Waals surface area contributed by atoms with Gasteiger partial charge in [-0.1, -0.05) is 0 Å². The van der Waals surface area contributed by atoms with Crippen LogP contribution < -0.4 is 5.32 Å². The third-order valence-electron chi connectivity index (χ3n) is 2.02. The number of rotatable bonds is 0. The first-order chi connectivity index (χ1) is 5.27. The molecule has 0 aromatic heterocycles. The molecule has 1 aliphatic heterocycles. The lowest BCUT2D eigenvalue weighted by atomic mass is 10.0. The summed E-state index contributed by atoms with van der Waals surface area (Å²) in [5.74, 6) is 0.110. The molecule has 1 heterocycles. The first-order valence-corrected chi connectivity index (χ1v) is 3.67. The second kappa shape index (κ2) is 2.12. The maximum absolute atomic E-state index is 10.9. The second-order valence-corrected chi connectivity index (χ2v) is 2.83. The molecule has 0 spiro atoms. The molecule has 11 heavy (non-hydrogen) atoms. The van der Waals surface area contributed by atoms with E-state index in [1.807, 2.05) is 0 Å². The Balaban J connectivity index is 2.38. The van der Waals surface area contributed by atoms with Gasteiger partial charge < -0.3 is 10.4 Å². The molecule has 0 bridgehead atoms. The lowest BCUT2D eigenvalue weighted by molar-refractivity contribution is -0.114. The van der Waals surface area contributed by atoms with E-state index in [2.05, 4.69) is 5.32 Å². The van der Waals surface area contributed by atoms with Crippen molar-refractivity contribution in [2.45, 2.75) is 12.8 Å². The van der Waals surface area contributed by atoms with E-state index in [4.69, 9.17) is 0 Å². The molecule has 0 aromatic rings. The Labute approximate surface area is 64.4 Å². The summed E-state index contributed by atoms with van der Waals surface area (Å²) in [7, 11) is 0. The molecule has 2 N–H and O–H groups in total. The highest BCUT2D eigenvalue weighted by atomic mass is 16.3. The van der Waals surface area contributed by atoms with Gasteiger partial charge in [-0.3, -0.25) is 4.79 Å². The molecule has 0 saturated carbocycles. The average Bonchev–Trinajstić information content (AvgIpc) is 2.34. The van der Waals surface area contributed by atoms with Gasteiger partial charge in [-0.05, 0) is 12.0 Å². The van der Waals surface area contributed by atoms with Crippen molar-refractivity contribution in [1.82, 2.24) is 5.32 Å². The highest BCUT2D eigenvalue weighted by Crippen LogP contribution is 2.25. The fourth-order valence-electron chi connectivity index (χ4n) is 1.52. The van der Waals surface area contributed by atoms with Crippen LogP contribution in [-0.4, -0.2) is 17.4 Å². The van der Waals surface area contributed by atoms with Gasteiger partial charge in [0.2, 0.25) is 0 Å². The molecule has 0 atom stereocenters. The third-order valence-corrected chi connectivity index (χ3v) is 2.02. The van der Waals surface area contributed by atoms with Crippen LogP contribution in [0.4, 0.5) is 0 Å². The summed E-state index contributed by atoms with van der Waals surface area (Å²) in [5, 5.41) is 12.3. The Morgan fingerprint density at radius 1 is 1.55 bits per heavy atom. The molecule has 0 amide bonds. The number of aliphatic hydroxyl groups is 1. The second-order valence-electron chi connectivity index (χ2n) is 2.83. The first kappa shape index (κ1) is 6.46.